The minimum absolute atomic E-state index is 0.150. The Labute approximate surface area is 123 Å². The van der Waals surface area contributed by atoms with Gasteiger partial charge in [-0.25, -0.2) is 4.79 Å². The lowest BCUT2D eigenvalue weighted by molar-refractivity contribution is 0.0525. The summed E-state index contributed by atoms with van der Waals surface area (Å²) in [5, 5.41) is 0. The van der Waals surface area contributed by atoms with Gasteiger partial charge in [0.15, 0.2) is 5.78 Å². The topological polar surface area (TPSA) is 52.6 Å². The summed E-state index contributed by atoms with van der Waals surface area (Å²) in [6.07, 6.45) is 0. The summed E-state index contributed by atoms with van der Waals surface area (Å²) >= 11 is 0. The number of carbonyl (C=O) groups excluding carboxylic acids is 2. The molecule has 0 amide bonds. The second kappa shape index (κ2) is 6.70. The molecule has 2 rings (SSSR count). The first-order valence-electron chi connectivity index (χ1n) is 6.62. The molecule has 0 fully saturated rings. The highest BCUT2D eigenvalue weighted by molar-refractivity contribution is 6.11. The van der Waals surface area contributed by atoms with E-state index in [1.165, 1.54) is 13.2 Å². The van der Waals surface area contributed by atoms with Crippen molar-refractivity contribution >= 4 is 11.8 Å². The van der Waals surface area contributed by atoms with Crippen LogP contribution in [0, 0.1) is 0 Å². The predicted octanol–water partition coefficient (Wildman–Crippen LogP) is 3.10. The minimum Gasteiger partial charge on any atom is -0.496 e. The fourth-order valence-corrected chi connectivity index (χ4v) is 1.97. The van der Waals surface area contributed by atoms with Crippen molar-refractivity contribution in [2.75, 3.05) is 13.7 Å². The molecule has 0 saturated carbocycles. The van der Waals surface area contributed by atoms with Crippen molar-refractivity contribution in [1.29, 1.82) is 0 Å². The highest BCUT2D eigenvalue weighted by Gasteiger charge is 2.17. The number of benzene rings is 2. The van der Waals surface area contributed by atoms with Gasteiger partial charge in [0.05, 0.1) is 24.8 Å². The van der Waals surface area contributed by atoms with E-state index in [4.69, 9.17) is 9.47 Å². The van der Waals surface area contributed by atoms with Crippen LogP contribution in [-0.2, 0) is 4.74 Å². The summed E-state index contributed by atoms with van der Waals surface area (Å²) in [6, 6.07) is 13.6. The fourth-order valence-electron chi connectivity index (χ4n) is 1.97. The lowest BCUT2D eigenvalue weighted by Crippen LogP contribution is -2.08. The number of carbonyl (C=O) groups is 2. The van der Waals surface area contributed by atoms with E-state index in [1.54, 1.807) is 43.3 Å². The molecule has 0 unspecified atom stereocenters. The molecule has 4 heteroatoms. The zero-order valence-corrected chi connectivity index (χ0v) is 12.0. The number of rotatable bonds is 5. The molecular weight excluding hydrogens is 268 g/mol. The van der Waals surface area contributed by atoms with Crippen molar-refractivity contribution in [1.82, 2.24) is 0 Å². The van der Waals surface area contributed by atoms with Gasteiger partial charge in [-0.3, -0.25) is 4.79 Å². The normalized spacial score (nSPS) is 10.0. The van der Waals surface area contributed by atoms with Gasteiger partial charge in [0, 0.05) is 5.56 Å². The molecule has 0 aliphatic carbocycles. The Bertz CT molecular complexity index is 647. The molecule has 21 heavy (non-hydrogen) atoms. The van der Waals surface area contributed by atoms with Crippen molar-refractivity contribution < 1.29 is 19.1 Å². The summed E-state index contributed by atoms with van der Waals surface area (Å²) in [4.78, 5) is 24.1. The van der Waals surface area contributed by atoms with Gasteiger partial charge in [0.1, 0.15) is 5.75 Å². The van der Waals surface area contributed by atoms with Crippen LogP contribution in [0.2, 0.25) is 0 Å². The van der Waals surface area contributed by atoms with Crippen LogP contribution in [-0.4, -0.2) is 25.5 Å². The molecule has 0 saturated heterocycles. The largest absolute Gasteiger partial charge is 0.496 e. The number of ketones is 1. The van der Waals surface area contributed by atoms with Crippen LogP contribution in [0.3, 0.4) is 0 Å². The molecule has 0 aliphatic heterocycles. The van der Waals surface area contributed by atoms with Crippen LogP contribution in [0.15, 0.2) is 48.5 Å². The summed E-state index contributed by atoms with van der Waals surface area (Å²) in [5.41, 5.74) is 1.34. The maximum absolute atomic E-state index is 12.4. The van der Waals surface area contributed by atoms with Gasteiger partial charge in [-0.05, 0) is 25.1 Å². The molecular formula is C17H16O4. The van der Waals surface area contributed by atoms with Crippen molar-refractivity contribution in [2.45, 2.75) is 6.92 Å². The number of hydrogen-bond acceptors (Lipinski definition) is 4. The molecule has 108 valence electrons. The van der Waals surface area contributed by atoms with E-state index >= 15 is 0 Å². The minimum atomic E-state index is -0.436. The molecule has 0 aliphatic rings. The Morgan fingerprint density at radius 2 is 1.71 bits per heavy atom. The molecule has 4 nitrogen and oxygen atoms in total. The summed E-state index contributed by atoms with van der Waals surface area (Å²) < 4.78 is 10.2. The first kappa shape index (κ1) is 14.8. The quantitative estimate of drug-likeness (QED) is 0.625. The Hall–Kier alpha value is -2.62. The average Bonchev–Trinajstić information content (AvgIpc) is 2.54. The molecule has 0 aromatic heterocycles. The van der Waals surface area contributed by atoms with Crippen LogP contribution in [0.1, 0.15) is 33.2 Å². The van der Waals surface area contributed by atoms with E-state index < -0.39 is 5.97 Å². The van der Waals surface area contributed by atoms with Gasteiger partial charge in [-0.15, -0.1) is 0 Å². The molecule has 0 spiro atoms. The second-order valence-corrected chi connectivity index (χ2v) is 4.33. The number of methoxy groups -OCH3 is 1. The van der Waals surface area contributed by atoms with Gasteiger partial charge in [0.2, 0.25) is 0 Å². The Balaban J connectivity index is 2.37. The molecule has 2 aromatic carbocycles. The number of hydrogen-bond donors (Lipinski definition) is 0. The van der Waals surface area contributed by atoms with Crippen LogP contribution >= 0.6 is 0 Å². The van der Waals surface area contributed by atoms with E-state index in [0.717, 1.165) is 0 Å². The highest BCUT2D eigenvalue weighted by atomic mass is 16.5. The van der Waals surface area contributed by atoms with E-state index in [1.807, 2.05) is 6.07 Å². The van der Waals surface area contributed by atoms with Gasteiger partial charge in [-0.1, -0.05) is 30.3 Å². The Kier molecular flexibility index (Phi) is 4.72. The third-order valence-electron chi connectivity index (χ3n) is 2.99. The molecule has 2 aromatic rings. The van der Waals surface area contributed by atoms with Gasteiger partial charge in [-0.2, -0.15) is 0 Å². The maximum Gasteiger partial charge on any atom is 0.338 e. The number of ether oxygens (including phenoxy) is 2. The van der Waals surface area contributed by atoms with E-state index in [0.29, 0.717) is 29.0 Å². The SMILES string of the molecule is CCOC(=O)c1ccc(C(=O)c2ccccc2)c(OC)c1. The monoisotopic (exact) mass is 284 g/mol. The van der Waals surface area contributed by atoms with Gasteiger partial charge < -0.3 is 9.47 Å². The van der Waals surface area contributed by atoms with Crippen molar-refractivity contribution in [3.05, 3.63) is 65.2 Å². The lowest BCUT2D eigenvalue weighted by Gasteiger charge is -2.10. The van der Waals surface area contributed by atoms with Crippen LogP contribution in [0.25, 0.3) is 0 Å². The van der Waals surface area contributed by atoms with Gasteiger partial charge >= 0.3 is 5.97 Å². The van der Waals surface area contributed by atoms with Crippen molar-refractivity contribution in [3.63, 3.8) is 0 Å². The summed E-state index contributed by atoms with van der Waals surface area (Å²) in [7, 11) is 1.46. The predicted molar refractivity (Wildman–Crippen MR) is 78.8 cm³/mol. The molecule has 0 heterocycles. The second-order valence-electron chi connectivity index (χ2n) is 4.33. The van der Waals surface area contributed by atoms with Gasteiger partial charge in [0.25, 0.3) is 0 Å². The zero-order valence-electron chi connectivity index (χ0n) is 12.0. The van der Waals surface area contributed by atoms with Crippen LogP contribution in [0.5, 0.6) is 5.75 Å². The third-order valence-corrected chi connectivity index (χ3v) is 2.99. The van der Waals surface area contributed by atoms with Crippen molar-refractivity contribution in [2.24, 2.45) is 0 Å². The maximum atomic E-state index is 12.4. The molecule has 0 bridgehead atoms. The Morgan fingerprint density at radius 1 is 1.00 bits per heavy atom. The molecule has 0 radical (unpaired) electrons. The molecule has 0 atom stereocenters. The van der Waals surface area contributed by atoms with E-state index in [9.17, 15) is 9.59 Å². The lowest BCUT2D eigenvalue weighted by atomic mass is 10.0. The standard InChI is InChI=1S/C17H16O4/c1-3-21-17(19)13-9-10-14(15(11-13)20-2)16(18)12-7-5-4-6-8-12/h4-11H,3H2,1-2H3. The van der Waals surface area contributed by atoms with E-state index in [2.05, 4.69) is 0 Å². The molecule has 0 N–H and O–H groups in total. The first-order valence-corrected chi connectivity index (χ1v) is 6.62. The summed E-state index contributed by atoms with van der Waals surface area (Å²) in [5.74, 6) is -0.230. The van der Waals surface area contributed by atoms with Crippen molar-refractivity contribution in [3.8, 4) is 5.75 Å². The first-order chi connectivity index (χ1) is 10.2. The Morgan fingerprint density at radius 3 is 2.33 bits per heavy atom. The average molecular weight is 284 g/mol. The van der Waals surface area contributed by atoms with E-state index in [-0.39, 0.29) is 5.78 Å². The van der Waals surface area contributed by atoms with Crippen LogP contribution in [0.4, 0.5) is 0 Å². The van der Waals surface area contributed by atoms with Crippen LogP contribution < -0.4 is 4.74 Å². The zero-order chi connectivity index (χ0) is 15.2. The highest BCUT2D eigenvalue weighted by Crippen LogP contribution is 2.23. The fraction of sp³-hybridized carbons (Fsp3) is 0.176. The third kappa shape index (κ3) is 3.28. The smallest absolute Gasteiger partial charge is 0.338 e. The summed E-state index contributed by atoms with van der Waals surface area (Å²) in [6.45, 7) is 2.04. The number of esters is 1.